The minimum Gasteiger partial charge on any atom is -0.385 e. The van der Waals surface area contributed by atoms with Crippen molar-refractivity contribution >= 4 is 46.4 Å². The van der Waals surface area contributed by atoms with E-state index in [1.807, 2.05) is 33.8 Å². The van der Waals surface area contributed by atoms with E-state index in [0.29, 0.717) is 20.1 Å². The molecule has 0 bridgehead atoms. The molecule has 41 heavy (non-hydrogen) atoms. The first-order valence-corrected chi connectivity index (χ1v) is 14.8. The van der Waals surface area contributed by atoms with Crippen molar-refractivity contribution in [2.24, 2.45) is 0 Å². The summed E-state index contributed by atoms with van der Waals surface area (Å²) >= 11 is 23.9. The molecule has 0 saturated carbocycles. The van der Waals surface area contributed by atoms with Crippen LogP contribution in [0.25, 0.3) is 0 Å². The molecular formula is C29H36Cl4O8. The number of rotatable bonds is 4. The van der Waals surface area contributed by atoms with E-state index in [-0.39, 0.29) is 11.8 Å². The lowest BCUT2D eigenvalue weighted by molar-refractivity contribution is -0.229. The second-order valence-corrected chi connectivity index (χ2v) is 13.4. The quantitative estimate of drug-likeness (QED) is 0.335. The molecule has 0 aliphatic carbocycles. The molecule has 3 aliphatic rings. The van der Waals surface area contributed by atoms with Crippen LogP contribution in [0.15, 0.2) is 36.4 Å². The van der Waals surface area contributed by atoms with Crippen LogP contribution >= 0.6 is 46.4 Å². The molecule has 3 fully saturated rings. The minimum absolute atomic E-state index is 0.0920. The van der Waals surface area contributed by atoms with Crippen molar-refractivity contribution < 1.29 is 39.4 Å². The SMILES string of the molecule is C[C@H](c1ccc(Cl)c(Cl)c1)[C@H]1OC(O)[C@H](O)[C@]1(C)O.C[C@H](c1ccc(Cl)c(Cl)c1)[C@H]1O[C@@H]2OC(C)(C)O[C@@H]2[C@]1(C)O. The average Bonchev–Trinajstić information content (AvgIpc) is 3.41. The summed E-state index contributed by atoms with van der Waals surface area (Å²) in [6, 6.07) is 10.6. The zero-order chi connectivity index (χ0) is 30.7. The summed E-state index contributed by atoms with van der Waals surface area (Å²) in [5, 5.41) is 42.2. The maximum Gasteiger partial charge on any atom is 0.190 e. The van der Waals surface area contributed by atoms with E-state index in [1.165, 1.54) is 6.92 Å². The maximum atomic E-state index is 10.9. The molecule has 5 rings (SSSR count). The molecule has 2 aromatic carbocycles. The van der Waals surface area contributed by atoms with Crippen LogP contribution in [0.5, 0.6) is 0 Å². The van der Waals surface area contributed by atoms with Gasteiger partial charge in [-0.15, -0.1) is 0 Å². The topological polar surface area (TPSA) is 118 Å². The standard InChI is InChI=1S/C16H20Cl2O4.C13H16Cl2O4/c1-8(9-5-6-10(17)11(18)7-9)12-16(4,19)13-14(20-12)22-15(2,3)21-13;1-6(7-3-4-8(14)9(15)5-7)11-13(2,18)10(16)12(17)19-11/h5-8,12-14,19H,1-4H3;3-6,10-12,16-18H,1-2H3/t8-,12-,13+,14-,16-;6-,10+,11-,12?,13+/m11/s1. The smallest absolute Gasteiger partial charge is 0.190 e. The zero-order valence-corrected chi connectivity index (χ0v) is 26.5. The Morgan fingerprint density at radius 2 is 1.15 bits per heavy atom. The molecule has 10 atom stereocenters. The van der Waals surface area contributed by atoms with Gasteiger partial charge in [-0.3, -0.25) is 0 Å². The van der Waals surface area contributed by atoms with Gasteiger partial charge in [-0.25, -0.2) is 0 Å². The second-order valence-electron chi connectivity index (χ2n) is 11.7. The van der Waals surface area contributed by atoms with Crippen molar-refractivity contribution in [2.45, 2.75) is 107 Å². The molecule has 0 radical (unpaired) electrons. The summed E-state index contributed by atoms with van der Waals surface area (Å²) < 4.78 is 22.7. The van der Waals surface area contributed by atoms with Gasteiger partial charge in [0.1, 0.15) is 23.4 Å². The summed E-state index contributed by atoms with van der Waals surface area (Å²) in [5.41, 5.74) is -0.950. The number of hydrogen-bond donors (Lipinski definition) is 4. The fourth-order valence-electron chi connectivity index (χ4n) is 5.68. The third-order valence-corrected chi connectivity index (χ3v) is 9.55. The second kappa shape index (κ2) is 12.0. The van der Waals surface area contributed by atoms with Crippen molar-refractivity contribution in [1.29, 1.82) is 0 Å². The van der Waals surface area contributed by atoms with E-state index >= 15 is 0 Å². The van der Waals surface area contributed by atoms with Crippen LogP contribution in [-0.2, 0) is 18.9 Å². The van der Waals surface area contributed by atoms with Crippen molar-refractivity contribution in [3.63, 3.8) is 0 Å². The van der Waals surface area contributed by atoms with Gasteiger partial charge < -0.3 is 39.4 Å². The highest BCUT2D eigenvalue weighted by molar-refractivity contribution is 6.42. The number of aliphatic hydroxyl groups is 4. The van der Waals surface area contributed by atoms with Gasteiger partial charge in [-0.05, 0) is 63.1 Å². The summed E-state index contributed by atoms with van der Waals surface area (Å²) in [5.74, 6) is -1.11. The normalized spacial score (nSPS) is 37.3. The van der Waals surface area contributed by atoms with E-state index in [9.17, 15) is 20.4 Å². The lowest BCUT2D eigenvalue weighted by atomic mass is 9.83. The summed E-state index contributed by atoms with van der Waals surface area (Å²) in [6.07, 6.45) is -5.03. The predicted molar refractivity (Wildman–Crippen MR) is 157 cm³/mol. The summed E-state index contributed by atoms with van der Waals surface area (Å²) in [4.78, 5) is 0. The zero-order valence-electron chi connectivity index (χ0n) is 23.5. The molecule has 3 heterocycles. The van der Waals surface area contributed by atoms with Gasteiger partial charge in [-0.2, -0.15) is 0 Å². The van der Waals surface area contributed by atoms with Crippen molar-refractivity contribution in [3.05, 3.63) is 67.6 Å². The molecule has 12 heteroatoms. The first kappa shape index (κ1) is 33.2. The van der Waals surface area contributed by atoms with E-state index in [1.54, 1.807) is 37.3 Å². The van der Waals surface area contributed by atoms with Crippen molar-refractivity contribution in [1.82, 2.24) is 0 Å². The van der Waals surface area contributed by atoms with Gasteiger partial charge >= 0.3 is 0 Å². The predicted octanol–water partition coefficient (Wildman–Crippen LogP) is 5.65. The number of benzene rings is 2. The Balaban J connectivity index is 0.000000191. The van der Waals surface area contributed by atoms with E-state index in [0.717, 1.165) is 11.1 Å². The monoisotopic (exact) mass is 652 g/mol. The summed E-state index contributed by atoms with van der Waals surface area (Å²) in [7, 11) is 0. The molecule has 0 spiro atoms. The Hall–Kier alpha value is -0.720. The molecule has 228 valence electrons. The number of ether oxygens (including phenoxy) is 4. The molecule has 0 aromatic heterocycles. The molecule has 4 N–H and O–H groups in total. The maximum absolute atomic E-state index is 10.9. The lowest BCUT2D eigenvalue weighted by Gasteiger charge is -2.33. The summed E-state index contributed by atoms with van der Waals surface area (Å²) in [6.45, 7) is 10.6. The Morgan fingerprint density at radius 3 is 1.54 bits per heavy atom. The number of fused-ring (bicyclic) bond motifs is 1. The lowest BCUT2D eigenvalue weighted by Crippen LogP contribution is -2.48. The van der Waals surface area contributed by atoms with Crippen LogP contribution in [0, 0.1) is 0 Å². The Labute approximate surface area is 260 Å². The van der Waals surface area contributed by atoms with E-state index < -0.39 is 54.0 Å². The molecule has 3 saturated heterocycles. The molecule has 8 nitrogen and oxygen atoms in total. The van der Waals surface area contributed by atoms with Gasteiger partial charge in [0.05, 0.1) is 32.3 Å². The number of halogens is 4. The molecule has 1 unspecified atom stereocenters. The first-order valence-electron chi connectivity index (χ1n) is 13.2. The Morgan fingerprint density at radius 1 is 0.683 bits per heavy atom. The highest BCUT2D eigenvalue weighted by atomic mass is 35.5. The first-order chi connectivity index (χ1) is 18.9. The minimum atomic E-state index is -1.54. The number of hydrogen-bond acceptors (Lipinski definition) is 8. The van der Waals surface area contributed by atoms with Crippen LogP contribution in [0.1, 0.15) is 64.5 Å². The highest BCUT2D eigenvalue weighted by Gasteiger charge is 2.62. The molecule has 2 aromatic rings. The van der Waals surface area contributed by atoms with Crippen LogP contribution in [0.3, 0.4) is 0 Å². The van der Waals surface area contributed by atoms with Gasteiger partial charge in [0.15, 0.2) is 18.4 Å². The van der Waals surface area contributed by atoms with Gasteiger partial charge in [0.2, 0.25) is 0 Å². The number of aliphatic hydroxyl groups excluding tert-OH is 2. The highest BCUT2D eigenvalue weighted by Crippen LogP contribution is 2.47. The van der Waals surface area contributed by atoms with Crippen LogP contribution in [0.2, 0.25) is 20.1 Å². The molecule has 3 aliphatic heterocycles. The van der Waals surface area contributed by atoms with Crippen molar-refractivity contribution in [3.8, 4) is 0 Å². The fraction of sp³-hybridized carbons (Fsp3) is 0.586. The molecule has 0 amide bonds. The van der Waals surface area contributed by atoms with Crippen molar-refractivity contribution in [2.75, 3.05) is 0 Å². The van der Waals surface area contributed by atoms with Gasteiger partial charge in [0, 0.05) is 11.8 Å². The van der Waals surface area contributed by atoms with E-state index in [2.05, 4.69) is 0 Å². The van der Waals surface area contributed by atoms with Crippen LogP contribution < -0.4 is 0 Å². The Bertz CT molecular complexity index is 1260. The molecular weight excluding hydrogens is 618 g/mol. The van der Waals surface area contributed by atoms with Gasteiger partial charge in [0.25, 0.3) is 0 Å². The third kappa shape index (κ3) is 6.55. The fourth-order valence-corrected chi connectivity index (χ4v) is 6.29. The van der Waals surface area contributed by atoms with Crippen LogP contribution in [-0.4, -0.2) is 74.4 Å². The third-order valence-electron chi connectivity index (χ3n) is 8.07. The Kier molecular flexibility index (Phi) is 9.70. The van der Waals surface area contributed by atoms with Gasteiger partial charge in [-0.1, -0.05) is 72.4 Å². The van der Waals surface area contributed by atoms with Crippen LogP contribution in [0.4, 0.5) is 0 Å². The largest absolute Gasteiger partial charge is 0.385 e. The average molecular weight is 654 g/mol. The van der Waals surface area contributed by atoms with E-state index in [4.69, 9.17) is 65.4 Å².